The molecule has 0 atom stereocenters. The molecule has 6 heteroatoms. The molecule has 1 aliphatic heterocycles. The Kier molecular flexibility index (Phi) is 6.82. The molecule has 2 aromatic rings. The van der Waals surface area contributed by atoms with Crippen LogP contribution in [0.25, 0.3) is 0 Å². The van der Waals surface area contributed by atoms with Crippen molar-refractivity contribution in [3.05, 3.63) is 47.5 Å². The van der Waals surface area contributed by atoms with Crippen LogP contribution in [0.15, 0.2) is 42.5 Å². The van der Waals surface area contributed by atoms with Crippen LogP contribution in [-0.2, 0) is 4.79 Å². The first-order chi connectivity index (χ1) is 13.2. The molecule has 2 aromatic carbocycles. The van der Waals surface area contributed by atoms with Crippen LogP contribution in [0.1, 0.15) is 25.7 Å². The van der Waals surface area contributed by atoms with Crippen molar-refractivity contribution >= 4 is 34.6 Å². The summed E-state index contributed by atoms with van der Waals surface area (Å²) >= 11 is 5.99. The maximum atomic E-state index is 12.2. The van der Waals surface area contributed by atoms with E-state index in [2.05, 4.69) is 39.8 Å². The van der Waals surface area contributed by atoms with Crippen LogP contribution in [0, 0.1) is 0 Å². The monoisotopic (exact) mass is 387 g/mol. The van der Waals surface area contributed by atoms with Gasteiger partial charge in [0.2, 0.25) is 5.91 Å². The molecule has 1 aliphatic rings. The molecule has 0 aliphatic carbocycles. The van der Waals surface area contributed by atoms with E-state index in [9.17, 15) is 4.79 Å². The summed E-state index contributed by atoms with van der Waals surface area (Å²) in [5.74, 6) is 0.502. The molecule has 3 rings (SSSR count). The lowest BCUT2D eigenvalue weighted by Gasteiger charge is -2.28. The summed E-state index contributed by atoms with van der Waals surface area (Å²) in [5, 5.41) is 6.69. The van der Waals surface area contributed by atoms with Crippen LogP contribution in [-0.4, -0.2) is 32.7 Å². The Morgan fingerprint density at radius 1 is 1.11 bits per heavy atom. The van der Waals surface area contributed by atoms with Gasteiger partial charge in [-0.2, -0.15) is 0 Å². The zero-order valence-corrected chi connectivity index (χ0v) is 16.4. The van der Waals surface area contributed by atoms with Gasteiger partial charge in [0, 0.05) is 42.5 Å². The number of nitrogens with zero attached hydrogens (tertiary/aromatic N) is 1. The molecule has 2 N–H and O–H groups in total. The van der Waals surface area contributed by atoms with Gasteiger partial charge in [-0.15, -0.1) is 0 Å². The summed E-state index contributed by atoms with van der Waals surface area (Å²) in [6.45, 7) is 2.83. The Labute approximate surface area is 165 Å². The largest absolute Gasteiger partial charge is 0.495 e. The molecule has 144 valence electrons. The lowest BCUT2D eigenvalue weighted by atomic mass is 10.1. The van der Waals surface area contributed by atoms with Gasteiger partial charge in [0.25, 0.3) is 0 Å². The van der Waals surface area contributed by atoms with Crippen LogP contribution in [0.2, 0.25) is 5.02 Å². The lowest BCUT2D eigenvalue weighted by Crippen LogP contribution is -2.29. The number of nitrogens with one attached hydrogen (secondary N) is 2. The molecular weight excluding hydrogens is 362 g/mol. The number of ether oxygens (including phenoxy) is 1. The van der Waals surface area contributed by atoms with E-state index in [0.717, 1.165) is 18.8 Å². The summed E-state index contributed by atoms with van der Waals surface area (Å²) in [5.41, 5.74) is 2.87. The Morgan fingerprint density at radius 2 is 1.85 bits per heavy atom. The van der Waals surface area contributed by atoms with Crippen molar-refractivity contribution in [1.82, 2.24) is 0 Å². The number of rotatable bonds is 7. The molecule has 0 aromatic heterocycles. The molecule has 1 saturated heterocycles. The average Bonchev–Trinajstić information content (AvgIpc) is 2.69. The minimum Gasteiger partial charge on any atom is -0.495 e. The number of anilines is 3. The molecule has 27 heavy (non-hydrogen) atoms. The molecular formula is C21H26ClN3O2. The quantitative estimate of drug-likeness (QED) is 0.717. The van der Waals surface area contributed by atoms with Crippen molar-refractivity contribution in [1.29, 1.82) is 0 Å². The van der Waals surface area contributed by atoms with Crippen molar-refractivity contribution in [3.63, 3.8) is 0 Å². The van der Waals surface area contributed by atoms with Crippen LogP contribution >= 0.6 is 11.6 Å². The Bertz CT molecular complexity index is 759. The van der Waals surface area contributed by atoms with Gasteiger partial charge >= 0.3 is 0 Å². The molecule has 0 radical (unpaired) electrons. The smallest absolute Gasteiger partial charge is 0.226 e. The Morgan fingerprint density at radius 3 is 2.56 bits per heavy atom. The van der Waals surface area contributed by atoms with Crippen molar-refractivity contribution in [2.75, 3.05) is 42.3 Å². The average molecular weight is 388 g/mol. The first kappa shape index (κ1) is 19.4. The van der Waals surface area contributed by atoms with Gasteiger partial charge in [0.1, 0.15) is 5.75 Å². The van der Waals surface area contributed by atoms with E-state index >= 15 is 0 Å². The molecule has 0 spiro atoms. The second kappa shape index (κ2) is 9.51. The highest BCUT2D eigenvalue weighted by molar-refractivity contribution is 6.31. The summed E-state index contributed by atoms with van der Waals surface area (Å²) < 4.78 is 5.24. The van der Waals surface area contributed by atoms with Crippen molar-refractivity contribution in [2.24, 2.45) is 0 Å². The number of carbonyl (C=O) groups is 1. The number of hydrogen-bond donors (Lipinski definition) is 2. The fraction of sp³-hybridized carbons (Fsp3) is 0.381. The van der Waals surface area contributed by atoms with E-state index in [1.165, 1.54) is 24.9 Å². The summed E-state index contributed by atoms with van der Waals surface area (Å²) in [7, 11) is 1.56. The number of piperidine rings is 1. The predicted octanol–water partition coefficient (Wildman–Crippen LogP) is 4.78. The van der Waals surface area contributed by atoms with Gasteiger partial charge in [-0.1, -0.05) is 11.6 Å². The lowest BCUT2D eigenvalue weighted by molar-refractivity contribution is -0.116. The normalized spacial score (nSPS) is 13.9. The van der Waals surface area contributed by atoms with E-state index in [1.54, 1.807) is 25.3 Å². The summed E-state index contributed by atoms with van der Waals surface area (Å²) in [4.78, 5) is 14.6. The molecule has 5 nitrogen and oxygen atoms in total. The fourth-order valence-electron chi connectivity index (χ4n) is 3.25. The van der Waals surface area contributed by atoms with Gasteiger partial charge in [-0.25, -0.2) is 0 Å². The van der Waals surface area contributed by atoms with Crippen molar-refractivity contribution in [2.45, 2.75) is 25.7 Å². The van der Waals surface area contributed by atoms with Crippen molar-refractivity contribution in [3.8, 4) is 5.75 Å². The van der Waals surface area contributed by atoms with E-state index in [4.69, 9.17) is 16.3 Å². The zero-order chi connectivity index (χ0) is 19.1. The van der Waals surface area contributed by atoms with E-state index in [0.29, 0.717) is 29.4 Å². The van der Waals surface area contributed by atoms with Crippen LogP contribution in [0.3, 0.4) is 0 Å². The SMILES string of the molecule is COc1ccc(Cl)cc1NC(=O)CCNc1ccc(N2CCCCC2)cc1. The molecule has 0 bridgehead atoms. The minimum atomic E-state index is -0.0898. The third kappa shape index (κ3) is 5.54. The number of carbonyl (C=O) groups excluding carboxylic acids is 1. The number of hydrogen-bond acceptors (Lipinski definition) is 4. The topological polar surface area (TPSA) is 53.6 Å². The fourth-order valence-corrected chi connectivity index (χ4v) is 3.43. The molecule has 1 amide bonds. The number of benzene rings is 2. The second-order valence-electron chi connectivity index (χ2n) is 6.66. The van der Waals surface area contributed by atoms with Gasteiger partial charge in [-0.3, -0.25) is 4.79 Å². The number of halogens is 1. The summed E-state index contributed by atoms with van der Waals surface area (Å²) in [6, 6.07) is 13.6. The van der Waals surface area contributed by atoms with Gasteiger partial charge in [0.05, 0.1) is 12.8 Å². The summed E-state index contributed by atoms with van der Waals surface area (Å²) in [6.07, 6.45) is 4.22. The van der Waals surface area contributed by atoms with Gasteiger partial charge in [-0.05, 0) is 61.7 Å². The second-order valence-corrected chi connectivity index (χ2v) is 7.10. The number of amides is 1. The highest BCUT2D eigenvalue weighted by Gasteiger charge is 2.11. The van der Waals surface area contributed by atoms with E-state index in [-0.39, 0.29) is 5.91 Å². The first-order valence-electron chi connectivity index (χ1n) is 9.38. The minimum absolute atomic E-state index is 0.0898. The maximum Gasteiger partial charge on any atom is 0.226 e. The highest BCUT2D eigenvalue weighted by Crippen LogP contribution is 2.27. The first-order valence-corrected chi connectivity index (χ1v) is 9.76. The highest BCUT2D eigenvalue weighted by atomic mass is 35.5. The molecule has 1 heterocycles. The van der Waals surface area contributed by atoms with Gasteiger partial charge in [0.15, 0.2) is 0 Å². The van der Waals surface area contributed by atoms with Gasteiger partial charge < -0.3 is 20.3 Å². The Balaban J connectivity index is 1.46. The standard InChI is InChI=1S/C21H26ClN3O2/c1-27-20-10-5-16(22)15-19(20)24-21(26)11-12-23-17-6-8-18(9-7-17)25-13-3-2-4-14-25/h5-10,15,23H,2-4,11-14H2,1H3,(H,24,26). The predicted molar refractivity (Wildman–Crippen MR) is 112 cm³/mol. The van der Waals surface area contributed by atoms with Crippen LogP contribution in [0.5, 0.6) is 5.75 Å². The van der Waals surface area contributed by atoms with Crippen molar-refractivity contribution < 1.29 is 9.53 Å². The van der Waals surface area contributed by atoms with Crippen LogP contribution < -0.4 is 20.3 Å². The van der Waals surface area contributed by atoms with E-state index < -0.39 is 0 Å². The zero-order valence-electron chi connectivity index (χ0n) is 15.6. The molecule has 0 unspecified atom stereocenters. The number of methoxy groups -OCH3 is 1. The molecule has 0 saturated carbocycles. The third-order valence-corrected chi connectivity index (χ3v) is 4.94. The van der Waals surface area contributed by atoms with Crippen LogP contribution in [0.4, 0.5) is 17.1 Å². The Hall–Kier alpha value is -2.40. The maximum absolute atomic E-state index is 12.2. The molecule has 1 fully saturated rings. The third-order valence-electron chi connectivity index (χ3n) is 4.71. The van der Waals surface area contributed by atoms with E-state index in [1.807, 2.05) is 0 Å².